The van der Waals surface area contributed by atoms with Crippen LogP contribution in [-0.4, -0.2) is 14.8 Å². The predicted octanol–water partition coefficient (Wildman–Crippen LogP) is 2.45. The molecule has 0 saturated heterocycles. The topological polar surface area (TPSA) is 91.5 Å². The lowest BCUT2D eigenvalue weighted by Crippen LogP contribution is -2.30. The molecule has 0 spiro atoms. The first-order chi connectivity index (χ1) is 12.0. The van der Waals surface area contributed by atoms with Gasteiger partial charge in [-0.15, -0.1) is 0 Å². The second-order valence-electron chi connectivity index (χ2n) is 5.13. The molecule has 1 aromatic heterocycles. The SMILES string of the molecule is N#CCc1ccc(-n2ncc(=O)[nH]c2=O)c(-c2ccc(F)cc2)c1Cl. The number of hydrogen-bond acceptors (Lipinski definition) is 4. The zero-order chi connectivity index (χ0) is 18.0. The number of nitrogens with zero attached hydrogens (tertiary/aromatic N) is 3. The summed E-state index contributed by atoms with van der Waals surface area (Å²) < 4.78 is 14.2. The minimum atomic E-state index is -0.736. The Morgan fingerprint density at radius 1 is 1.20 bits per heavy atom. The largest absolute Gasteiger partial charge is 0.349 e. The highest BCUT2D eigenvalue weighted by Gasteiger charge is 2.17. The van der Waals surface area contributed by atoms with Crippen LogP contribution < -0.4 is 11.2 Å². The average molecular weight is 357 g/mol. The van der Waals surface area contributed by atoms with Crippen LogP contribution in [-0.2, 0) is 6.42 Å². The standard InChI is InChI=1S/C17H10ClFN4O2/c18-16-11(7-8-20)3-6-13(23-17(25)22-14(24)9-21-23)15(16)10-1-4-12(19)5-2-10/h1-6,9H,7H2,(H,22,24,25). The molecular weight excluding hydrogens is 347 g/mol. The molecule has 6 nitrogen and oxygen atoms in total. The quantitative estimate of drug-likeness (QED) is 0.780. The zero-order valence-corrected chi connectivity index (χ0v) is 13.4. The van der Waals surface area contributed by atoms with Gasteiger partial charge in [0.2, 0.25) is 0 Å². The van der Waals surface area contributed by atoms with Crippen molar-refractivity contribution in [3.05, 3.63) is 79.8 Å². The van der Waals surface area contributed by atoms with Crippen LogP contribution in [0.3, 0.4) is 0 Å². The molecule has 25 heavy (non-hydrogen) atoms. The molecular formula is C17H10ClFN4O2. The Bertz CT molecular complexity index is 1100. The summed E-state index contributed by atoms with van der Waals surface area (Å²) in [5, 5.41) is 13.0. The van der Waals surface area contributed by atoms with E-state index in [9.17, 15) is 14.0 Å². The van der Waals surface area contributed by atoms with Gasteiger partial charge in [-0.3, -0.25) is 9.78 Å². The molecule has 0 amide bonds. The molecule has 0 saturated carbocycles. The van der Waals surface area contributed by atoms with E-state index in [2.05, 4.69) is 10.1 Å². The first kappa shape index (κ1) is 16.6. The maximum absolute atomic E-state index is 13.3. The highest BCUT2D eigenvalue weighted by atomic mass is 35.5. The summed E-state index contributed by atoms with van der Waals surface area (Å²) in [6.07, 6.45) is 1.04. The van der Waals surface area contributed by atoms with Gasteiger partial charge in [-0.1, -0.05) is 29.8 Å². The van der Waals surface area contributed by atoms with E-state index < -0.39 is 17.1 Å². The van der Waals surface area contributed by atoms with Crippen LogP contribution in [0.1, 0.15) is 5.56 Å². The summed E-state index contributed by atoms with van der Waals surface area (Å²) >= 11 is 6.44. The van der Waals surface area contributed by atoms with Crippen molar-refractivity contribution in [3.8, 4) is 22.9 Å². The molecule has 2 aromatic carbocycles. The van der Waals surface area contributed by atoms with Gasteiger partial charge < -0.3 is 0 Å². The smallest absolute Gasteiger partial charge is 0.271 e. The average Bonchev–Trinajstić information content (AvgIpc) is 2.58. The second kappa shape index (κ2) is 6.71. The van der Waals surface area contributed by atoms with Crippen molar-refractivity contribution in [3.63, 3.8) is 0 Å². The van der Waals surface area contributed by atoms with Crippen molar-refractivity contribution in [1.29, 1.82) is 5.26 Å². The summed E-state index contributed by atoms with van der Waals surface area (Å²) in [7, 11) is 0. The van der Waals surface area contributed by atoms with Crippen molar-refractivity contribution in [1.82, 2.24) is 14.8 Å². The lowest BCUT2D eigenvalue weighted by atomic mass is 9.99. The number of benzene rings is 2. The van der Waals surface area contributed by atoms with Crippen molar-refractivity contribution in [2.45, 2.75) is 6.42 Å². The Labute approximate surface area is 145 Å². The lowest BCUT2D eigenvalue weighted by Gasteiger charge is -2.14. The molecule has 1 heterocycles. The third kappa shape index (κ3) is 3.20. The Morgan fingerprint density at radius 2 is 1.92 bits per heavy atom. The minimum Gasteiger partial charge on any atom is -0.271 e. The zero-order valence-electron chi connectivity index (χ0n) is 12.7. The summed E-state index contributed by atoms with van der Waals surface area (Å²) in [6.45, 7) is 0. The molecule has 124 valence electrons. The van der Waals surface area contributed by atoms with Crippen molar-refractivity contribution < 1.29 is 4.39 Å². The fourth-order valence-electron chi connectivity index (χ4n) is 2.42. The number of rotatable bonds is 3. The van der Waals surface area contributed by atoms with Crippen molar-refractivity contribution >= 4 is 11.6 Å². The molecule has 3 aromatic rings. The molecule has 0 atom stereocenters. The number of nitrogens with one attached hydrogen (secondary N) is 1. The van der Waals surface area contributed by atoms with Gasteiger partial charge >= 0.3 is 5.69 Å². The third-order valence-corrected chi connectivity index (χ3v) is 3.98. The molecule has 3 rings (SSSR count). The highest BCUT2D eigenvalue weighted by Crippen LogP contribution is 2.35. The molecule has 0 aliphatic rings. The van der Waals surface area contributed by atoms with Gasteiger partial charge in [-0.05, 0) is 29.3 Å². The van der Waals surface area contributed by atoms with Crippen LogP contribution in [0.5, 0.6) is 0 Å². The number of halogens is 2. The Balaban J connectivity index is 2.34. The minimum absolute atomic E-state index is 0.0707. The van der Waals surface area contributed by atoms with Gasteiger partial charge in [0.25, 0.3) is 5.56 Å². The van der Waals surface area contributed by atoms with Gasteiger partial charge in [0.15, 0.2) is 0 Å². The summed E-state index contributed by atoms with van der Waals surface area (Å²) in [5.74, 6) is -0.422. The van der Waals surface area contributed by atoms with Crippen LogP contribution in [0.4, 0.5) is 4.39 Å². The molecule has 0 unspecified atom stereocenters. The van der Waals surface area contributed by atoms with Crippen LogP contribution in [0.15, 0.2) is 52.2 Å². The van der Waals surface area contributed by atoms with Gasteiger partial charge in [-0.2, -0.15) is 15.0 Å². The molecule has 0 aliphatic carbocycles. The van der Waals surface area contributed by atoms with Gasteiger partial charge in [0.1, 0.15) is 12.0 Å². The monoisotopic (exact) mass is 356 g/mol. The van der Waals surface area contributed by atoms with Gasteiger partial charge in [0, 0.05) is 5.56 Å². The number of aromatic nitrogens is 3. The van der Waals surface area contributed by atoms with Crippen molar-refractivity contribution in [2.75, 3.05) is 0 Å². The molecule has 0 bridgehead atoms. The van der Waals surface area contributed by atoms with Crippen molar-refractivity contribution in [2.24, 2.45) is 0 Å². The van der Waals surface area contributed by atoms with Crippen LogP contribution in [0.25, 0.3) is 16.8 Å². The Kier molecular flexibility index (Phi) is 4.46. The normalized spacial score (nSPS) is 10.4. The number of hydrogen-bond donors (Lipinski definition) is 1. The summed E-state index contributed by atoms with van der Waals surface area (Å²) in [5.41, 5.74) is 0.457. The highest BCUT2D eigenvalue weighted by molar-refractivity contribution is 6.34. The first-order valence-corrected chi connectivity index (χ1v) is 7.52. The molecule has 0 aliphatic heterocycles. The number of H-pyrrole nitrogens is 1. The summed E-state index contributed by atoms with van der Waals surface area (Å²) in [6, 6.07) is 10.7. The van der Waals surface area contributed by atoms with Gasteiger partial charge in [-0.25, -0.2) is 9.18 Å². The van der Waals surface area contributed by atoms with E-state index in [0.29, 0.717) is 22.4 Å². The van der Waals surface area contributed by atoms with Crippen LogP contribution in [0.2, 0.25) is 5.02 Å². The second-order valence-corrected chi connectivity index (χ2v) is 5.50. The summed E-state index contributed by atoms with van der Waals surface area (Å²) in [4.78, 5) is 25.4. The Hall–Kier alpha value is -3.24. The fraction of sp³-hybridized carbons (Fsp3) is 0.0588. The number of nitriles is 1. The van der Waals surface area contributed by atoms with E-state index >= 15 is 0 Å². The van der Waals surface area contributed by atoms with E-state index in [1.54, 1.807) is 12.1 Å². The molecule has 0 radical (unpaired) electrons. The predicted molar refractivity (Wildman–Crippen MR) is 90.2 cm³/mol. The Morgan fingerprint density at radius 3 is 2.56 bits per heavy atom. The van der Waals surface area contributed by atoms with E-state index in [1.807, 2.05) is 6.07 Å². The van der Waals surface area contributed by atoms with Gasteiger partial charge in [0.05, 0.1) is 23.2 Å². The molecule has 8 heteroatoms. The first-order valence-electron chi connectivity index (χ1n) is 7.14. The lowest BCUT2D eigenvalue weighted by molar-refractivity contribution is 0.628. The fourth-order valence-corrected chi connectivity index (χ4v) is 2.76. The maximum atomic E-state index is 13.3. The maximum Gasteiger partial charge on any atom is 0.349 e. The van der Waals surface area contributed by atoms with Crippen LogP contribution in [0, 0.1) is 17.1 Å². The van der Waals surface area contributed by atoms with E-state index in [1.165, 1.54) is 24.3 Å². The van der Waals surface area contributed by atoms with Crippen LogP contribution >= 0.6 is 11.6 Å². The molecule has 1 N–H and O–H groups in total. The van der Waals surface area contributed by atoms with E-state index in [-0.39, 0.29) is 11.4 Å². The third-order valence-electron chi connectivity index (χ3n) is 3.54. The van der Waals surface area contributed by atoms with E-state index in [0.717, 1.165) is 10.9 Å². The van der Waals surface area contributed by atoms with E-state index in [4.69, 9.17) is 16.9 Å². The molecule has 0 fully saturated rings. The number of aromatic amines is 1.